The number of ether oxygens (including phenoxy) is 1. The van der Waals surface area contributed by atoms with Crippen molar-refractivity contribution in [1.82, 2.24) is 0 Å². The molecule has 0 heterocycles. The van der Waals surface area contributed by atoms with Gasteiger partial charge in [0.05, 0.1) is 0 Å². The van der Waals surface area contributed by atoms with Crippen LogP contribution in [0.5, 0.6) is 11.5 Å². The Morgan fingerprint density at radius 2 is 1.52 bits per heavy atom. The second-order valence-electron chi connectivity index (χ2n) is 6.16. The highest BCUT2D eigenvalue weighted by Gasteiger charge is 2.08. The lowest BCUT2D eigenvalue weighted by molar-refractivity contribution is -0.114. The van der Waals surface area contributed by atoms with E-state index in [1.165, 1.54) is 6.92 Å². The van der Waals surface area contributed by atoms with Gasteiger partial charge in [-0.1, -0.05) is 18.2 Å². The summed E-state index contributed by atoms with van der Waals surface area (Å²) in [6.07, 6.45) is 0. The average Bonchev–Trinajstić information content (AvgIpc) is 2.63. The van der Waals surface area contributed by atoms with Gasteiger partial charge in [0.15, 0.2) is 0 Å². The predicted molar refractivity (Wildman–Crippen MR) is 106 cm³/mol. The predicted octanol–water partition coefficient (Wildman–Crippen LogP) is 5.00. The highest BCUT2D eigenvalue weighted by Crippen LogP contribution is 2.24. The number of carbonyl (C=O) groups is 2. The Bertz CT molecular complexity index is 965. The molecule has 0 aliphatic rings. The minimum atomic E-state index is -0.255. The number of aryl methyl sites for hydroxylation is 1. The van der Waals surface area contributed by atoms with Crippen molar-refractivity contribution < 1.29 is 14.3 Å². The number of nitrogens with one attached hydrogen (secondary N) is 2. The van der Waals surface area contributed by atoms with Gasteiger partial charge in [-0.2, -0.15) is 0 Å². The van der Waals surface area contributed by atoms with Crippen LogP contribution in [-0.4, -0.2) is 11.8 Å². The van der Waals surface area contributed by atoms with Gasteiger partial charge in [0.2, 0.25) is 5.91 Å². The molecule has 27 heavy (non-hydrogen) atoms. The summed E-state index contributed by atoms with van der Waals surface area (Å²) in [4.78, 5) is 23.6. The molecule has 5 heteroatoms. The van der Waals surface area contributed by atoms with Crippen molar-refractivity contribution >= 4 is 23.2 Å². The molecule has 0 fully saturated rings. The molecule has 5 nitrogen and oxygen atoms in total. The minimum Gasteiger partial charge on any atom is -0.457 e. The number of hydrogen-bond donors (Lipinski definition) is 2. The summed E-state index contributed by atoms with van der Waals surface area (Å²) in [5.74, 6) is 1.01. The molecule has 0 aliphatic heterocycles. The molecule has 0 unspecified atom stereocenters. The first-order valence-electron chi connectivity index (χ1n) is 8.53. The number of benzene rings is 3. The molecule has 2 N–H and O–H groups in total. The Morgan fingerprint density at radius 1 is 0.778 bits per heavy atom. The zero-order valence-electron chi connectivity index (χ0n) is 15.2. The fraction of sp³-hybridized carbons (Fsp3) is 0.0909. The number of carbonyl (C=O) groups excluding carboxylic acids is 2. The minimum absolute atomic E-state index is 0.184. The second-order valence-corrected chi connectivity index (χ2v) is 6.16. The van der Waals surface area contributed by atoms with Gasteiger partial charge in [-0.3, -0.25) is 9.59 Å². The highest BCUT2D eigenvalue weighted by atomic mass is 16.5. The second kappa shape index (κ2) is 8.19. The van der Waals surface area contributed by atoms with Crippen LogP contribution < -0.4 is 15.4 Å². The van der Waals surface area contributed by atoms with Crippen LogP contribution in [0, 0.1) is 6.92 Å². The van der Waals surface area contributed by atoms with E-state index < -0.39 is 0 Å². The van der Waals surface area contributed by atoms with E-state index in [0.717, 1.165) is 11.3 Å². The molecule has 0 saturated heterocycles. The van der Waals surface area contributed by atoms with Crippen LogP contribution in [0.25, 0.3) is 0 Å². The first kappa shape index (κ1) is 18.2. The fourth-order valence-corrected chi connectivity index (χ4v) is 2.57. The van der Waals surface area contributed by atoms with Crippen LogP contribution >= 0.6 is 0 Å². The molecule has 3 rings (SSSR count). The van der Waals surface area contributed by atoms with Crippen molar-refractivity contribution in [1.29, 1.82) is 0 Å². The van der Waals surface area contributed by atoms with Gasteiger partial charge in [-0.25, -0.2) is 0 Å². The molecule has 3 aromatic carbocycles. The van der Waals surface area contributed by atoms with E-state index in [1.807, 2.05) is 31.2 Å². The normalized spacial score (nSPS) is 10.1. The fourth-order valence-electron chi connectivity index (χ4n) is 2.57. The van der Waals surface area contributed by atoms with Gasteiger partial charge in [0.1, 0.15) is 11.5 Å². The van der Waals surface area contributed by atoms with Crippen molar-refractivity contribution in [3.63, 3.8) is 0 Å². The van der Waals surface area contributed by atoms with Crippen molar-refractivity contribution in [3.8, 4) is 11.5 Å². The van der Waals surface area contributed by atoms with E-state index in [0.29, 0.717) is 22.7 Å². The lowest BCUT2D eigenvalue weighted by Crippen LogP contribution is -2.13. The third-order valence-electron chi connectivity index (χ3n) is 3.78. The Morgan fingerprint density at radius 3 is 2.22 bits per heavy atom. The van der Waals surface area contributed by atoms with E-state index in [9.17, 15) is 9.59 Å². The summed E-state index contributed by atoms with van der Waals surface area (Å²) < 4.78 is 5.80. The van der Waals surface area contributed by atoms with Gasteiger partial charge in [-0.05, 0) is 67.1 Å². The molecular formula is C22H20N2O3. The van der Waals surface area contributed by atoms with Crippen LogP contribution in [0.15, 0.2) is 72.8 Å². The van der Waals surface area contributed by atoms with Gasteiger partial charge in [0, 0.05) is 23.9 Å². The van der Waals surface area contributed by atoms with Crippen LogP contribution in [0.3, 0.4) is 0 Å². The topological polar surface area (TPSA) is 67.4 Å². The first-order valence-corrected chi connectivity index (χ1v) is 8.53. The maximum absolute atomic E-state index is 12.4. The molecule has 0 saturated carbocycles. The maximum atomic E-state index is 12.4. The Kier molecular flexibility index (Phi) is 5.52. The van der Waals surface area contributed by atoms with Gasteiger partial charge >= 0.3 is 0 Å². The van der Waals surface area contributed by atoms with Crippen molar-refractivity contribution in [2.75, 3.05) is 10.6 Å². The highest BCUT2D eigenvalue weighted by molar-refractivity contribution is 6.05. The standard InChI is InChI=1S/C22H20N2O3/c1-15-5-3-8-21(13-15)27-20-11-9-18(10-12-20)24-22(26)17-6-4-7-19(14-17)23-16(2)25/h3-14H,1-2H3,(H,23,25)(H,24,26). The third-order valence-corrected chi connectivity index (χ3v) is 3.78. The molecule has 0 spiro atoms. The van der Waals surface area contributed by atoms with Crippen LogP contribution in [0.4, 0.5) is 11.4 Å². The van der Waals surface area contributed by atoms with E-state index in [2.05, 4.69) is 10.6 Å². The summed E-state index contributed by atoms with van der Waals surface area (Å²) in [5, 5.41) is 5.49. The number of amides is 2. The largest absolute Gasteiger partial charge is 0.457 e. The third kappa shape index (κ3) is 5.19. The van der Waals surface area contributed by atoms with Gasteiger partial charge in [0.25, 0.3) is 5.91 Å². The molecule has 0 atom stereocenters. The van der Waals surface area contributed by atoms with Crippen LogP contribution in [0.2, 0.25) is 0 Å². The first-order chi connectivity index (χ1) is 13.0. The average molecular weight is 360 g/mol. The molecule has 2 amide bonds. The van der Waals surface area contributed by atoms with E-state index in [1.54, 1.807) is 48.5 Å². The zero-order valence-corrected chi connectivity index (χ0v) is 15.2. The number of hydrogen-bond acceptors (Lipinski definition) is 3. The van der Waals surface area contributed by atoms with E-state index in [4.69, 9.17) is 4.74 Å². The van der Waals surface area contributed by atoms with Gasteiger partial charge in [-0.15, -0.1) is 0 Å². The van der Waals surface area contributed by atoms with E-state index >= 15 is 0 Å². The van der Waals surface area contributed by atoms with E-state index in [-0.39, 0.29) is 11.8 Å². The lowest BCUT2D eigenvalue weighted by Gasteiger charge is -2.09. The van der Waals surface area contributed by atoms with Crippen molar-refractivity contribution in [2.24, 2.45) is 0 Å². The van der Waals surface area contributed by atoms with Crippen molar-refractivity contribution in [2.45, 2.75) is 13.8 Å². The van der Waals surface area contributed by atoms with Crippen molar-refractivity contribution in [3.05, 3.63) is 83.9 Å². The smallest absolute Gasteiger partial charge is 0.255 e. The molecule has 0 aliphatic carbocycles. The van der Waals surface area contributed by atoms with Crippen LogP contribution in [0.1, 0.15) is 22.8 Å². The lowest BCUT2D eigenvalue weighted by atomic mass is 10.2. The summed E-state index contributed by atoms with van der Waals surface area (Å²) in [5.41, 5.74) is 2.82. The maximum Gasteiger partial charge on any atom is 0.255 e. The quantitative estimate of drug-likeness (QED) is 0.673. The molecule has 0 aromatic heterocycles. The summed E-state index contributed by atoms with van der Waals surface area (Å²) in [7, 11) is 0. The molecule has 0 radical (unpaired) electrons. The summed E-state index contributed by atoms with van der Waals surface area (Å²) in [6, 6.07) is 21.7. The Hall–Kier alpha value is -3.60. The summed E-state index contributed by atoms with van der Waals surface area (Å²) >= 11 is 0. The summed E-state index contributed by atoms with van der Waals surface area (Å²) in [6.45, 7) is 3.43. The Labute approximate surface area is 158 Å². The molecule has 3 aromatic rings. The number of anilines is 2. The molecule has 0 bridgehead atoms. The zero-order chi connectivity index (χ0) is 19.2. The molecular weight excluding hydrogens is 340 g/mol. The van der Waals surface area contributed by atoms with Gasteiger partial charge < -0.3 is 15.4 Å². The molecule has 136 valence electrons. The Balaban J connectivity index is 1.65. The van der Waals surface area contributed by atoms with Crippen LogP contribution in [-0.2, 0) is 4.79 Å². The monoisotopic (exact) mass is 360 g/mol. The SMILES string of the molecule is CC(=O)Nc1cccc(C(=O)Nc2ccc(Oc3cccc(C)c3)cc2)c1. The number of rotatable bonds is 5.